The number of amides is 1. The average Bonchev–Trinajstić information content (AvgIpc) is 3.00. The van der Waals surface area contributed by atoms with Gasteiger partial charge >= 0.3 is 0 Å². The van der Waals surface area contributed by atoms with Crippen molar-refractivity contribution >= 4 is 22.6 Å². The van der Waals surface area contributed by atoms with Crippen LogP contribution in [-0.4, -0.2) is 19.1 Å². The molecule has 0 aliphatic heterocycles. The first-order valence-corrected chi connectivity index (χ1v) is 8.35. The lowest BCUT2D eigenvalue weighted by molar-refractivity contribution is 0.0984. The summed E-state index contributed by atoms with van der Waals surface area (Å²) in [5.41, 5.74) is 2.03. The summed E-state index contributed by atoms with van der Waals surface area (Å²) in [7, 11) is 0. The maximum Gasteiger partial charge on any atom is 0.291 e. The Morgan fingerprint density at radius 2 is 1.80 bits per heavy atom. The minimum atomic E-state index is -0.321. The summed E-state index contributed by atoms with van der Waals surface area (Å²) in [6, 6.07) is 14.9. The first kappa shape index (κ1) is 17.0. The maximum atomic E-state index is 12.8. The van der Waals surface area contributed by atoms with Gasteiger partial charge in [0.25, 0.3) is 5.91 Å². The summed E-state index contributed by atoms with van der Waals surface area (Å²) in [5.74, 6) is 0.569. The third-order valence-corrected chi connectivity index (χ3v) is 3.79. The maximum absolute atomic E-state index is 12.8. The van der Waals surface area contributed by atoms with Crippen LogP contribution >= 0.6 is 0 Å². The van der Waals surface area contributed by atoms with Crippen molar-refractivity contribution in [1.82, 2.24) is 0 Å². The highest BCUT2D eigenvalue weighted by Gasteiger charge is 2.21. The number of carbonyl (C=O) groups excluding carboxylic acids is 1. The third-order valence-electron chi connectivity index (χ3n) is 3.79. The van der Waals surface area contributed by atoms with E-state index >= 15 is 0 Å². The average molecular weight is 339 g/mol. The van der Waals surface area contributed by atoms with E-state index in [1.54, 1.807) is 6.07 Å². The van der Waals surface area contributed by atoms with Gasteiger partial charge in [0.15, 0.2) is 5.76 Å². The Morgan fingerprint density at radius 1 is 1.04 bits per heavy atom. The summed E-state index contributed by atoms with van der Waals surface area (Å²) < 4.78 is 16.9. The van der Waals surface area contributed by atoms with Crippen molar-refractivity contribution in [2.75, 3.05) is 18.5 Å². The lowest BCUT2D eigenvalue weighted by Crippen LogP contribution is -2.14. The zero-order valence-corrected chi connectivity index (χ0v) is 14.4. The lowest BCUT2D eigenvalue weighted by Gasteiger charge is -2.11. The highest BCUT2D eigenvalue weighted by molar-refractivity contribution is 6.07. The number of fused-ring (bicyclic) bond motifs is 1. The van der Waals surface area contributed by atoms with Crippen molar-refractivity contribution < 1.29 is 18.7 Å². The van der Waals surface area contributed by atoms with E-state index in [0.717, 1.165) is 10.9 Å². The van der Waals surface area contributed by atoms with Crippen molar-refractivity contribution in [3.05, 3.63) is 59.9 Å². The zero-order valence-electron chi connectivity index (χ0n) is 14.4. The molecule has 0 radical (unpaired) electrons. The van der Waals surface area contributed by atoms with E-state index in [4.69, 9.17) is 13.9 Å². The van der Waals surface area contributed by atoms with E-state index in [1.165, 1.54) is 0 Å². The standard InChI is InChI=1S/C20H21NO4/c1-3-23-13-15-14-9-5-7-11-17(14)25-19(15)20(22)21-16-10-6-8-12-18(16)24-4-2/h5-12H,3-4,13H2,1-2H3,(H,21,22). The number of para-hydroxylation sites is 3. The number of nitrogens with one attached hydrogen (secondary N) is 1. The van der Waals surface area contributed by atoms with Crippen molar-refractivity contribution in [1.29, 1.82) is 0 Å². The molecule has 0 spiro atoms. The Bertz CT molecular complexity index is 869. The molecule has 3 aromatic rings. The van der Waals surface area contributed by atoms with Gasteiger partial charge in [0, 0.05) is 17.6 Å². The molecule has 130 valence electrons. The molecule has 25 heavy (non-hydrogen) atoms. The predicted molar refractivity (Wildman–Crippen MR) is 97.1 cm³/mol. The number of hydrogen-bond acceptors (Lipinski definition) is 4. The molecule has 1 aromatic heterocycles. The molecule has 0 aliphatic rings. The highest BCUT2D eigenvalue weighted by Crippen LogP contribution is 2.29. The van der Waals surface area contributed by atoms with Gasteiger partial charge in [-0.15, -0.1) is 0 Å². The topological polar surface area (TPSA) is 60.7 Å². The molecular weight excluding hydrogens is 318 g/mol. The second-order valence-corrected chi connectivity index (χ2v) is 5.43. The van der Waals surface area contributed by atoms with Crippen LogP contribution in [0.4, 0.5) is 5.69 Å². The highest BCUT2D eigenvalue weighted by atomic mass is 16.5. The van der Waals surface area contributed by atoms with E-state index in [1.807, 2.05) is 56.3 Å². The number of carbonyl (C=O) groups is 1. The van der Waals surface area contributed by atoms with Crippen LogP contribution < -0.4 is 10.1 Å². The van der Waals surface area contributed by atoms with Gasteiger partial charge in [-0.2, -0.15) is 0 Å². The Balaban J connectivity index is 1.94. The van der Waals surface area contributed by atoms with Crippen LogP contribution in [0.15, 0.2) is 52.9 Å². The number of hydrogen-bond donors (Lipinski definition) is 1. The number of benzene rings is 2. The number of furan rings is 1. The minimum Gasteiger partial charge on any atom is -0.492 e. The molecule has 5 nitrogen and oxygen atoms in total. The van der Waals surface area contributed by atoms with Crippen LogP contribution in [0, 0.1) is 0 Å². The van der Waals surface area contributed by atoms with Gasteiger partial charge < -0.3 is 19.2 Å². The van der Waals surface area contributed by atoms with Gasteiger partial charge in [-0.3, -0.25) is 4.79 Å². The normalized spacial score (nSPS) is 10.8. The van der Waals surface area contributed by atoms with Crippen LogP contribution in [0.2, 0.25) is 0 Å². The fourth-order valence-electron chi connectivity index (χ4n) is 2.66. The van der Waals surface area contributed by atoms with Crippen molar-refractivity contribution in [3.8, 4) is 5.75 Å². The van der Waals surface area contributed by atoms with Crippen molar-refractivity contribution in [3.63, 3.8) is 0 Å². The smallest absolute Gasteiger partial charge is 0.291 e. The second kappa shape index (κ2) is 7.85. The van der Waals surface area contributed by atoms with E-state index in [0.29, 0.717) is 36.8 Å². The molecule has 0 saturated carbocycles. The first-order valence-electron chi connectivity index (χ1n) is 8.35. The Kier molecular flexibility index (Phi) is 5.36. The largest absolute Gasteiger partial charge is 0.492 e. The number of anilines is 1. The van der Waals surface area contributed by atoms with Gasteiger partial charge in [0.1, 0.15) is 11.3 Å². The van der Waals surface area contributed by atoms with E-state index < -0.39 is 0 Å². The summed E-state index contributed by atoms with van der Waals surface area (Å²) in [4.78, 5) is 12.8. The summed E-state index contributed by atoms with van der Waals surface area (Å²) >= 11 is 0. The van der Waals surface area contributed by atoms with Gasteiger partial charge in [0.05, 0.1) is 18.9 Å². The molecule has 1 heterocycles. The molecule has 0 saturated heterocycles. The molecule has 0 aliphatic carbocycles. The van der Waals surface area contributed by atoms with Gasteiger partial charge in [0.2, 0.25) is 0 Å². The molecule has 3 rings (SSSR count). The summed E-state index contributed by atoms with van der Waals surface area (Å²) in [6.45, 7) is 5.22. The third kappa shape index (κ3) is 3.67. The Morgan fingerprint density at radius 3 is 2.60 bits per heavy atom. The van der Waals surface area contributed by atoms with Crippen LogP contribution in [-0.2, 0) is 11.3 Å². The Labute approximate surface area is 146 Å². The van der Waals surface area contributed by atoms with Crippen LogP contribution in [0.25, 0.3) is 11.0 Å². The van der Waals surface area contributed by atoms with E-state index in [2.05, 4.69) is 5.32 Å². The SMILES string of the molecule is CCOCc1c(C(=O)Nc2ccccc2OCC)oc2ccccc12. The molecule has 0 atom stereocenters. The van der Waals surface area contributed by atoms with Gasteiger partial charge in [-0.25, -0.2) is 0 Å². The number of ether oxygens (including phenoxy) is 2. The van der Waals surface area contributed by atoms with E-state index in [-0.39, 0.29) is 11.7 Å². The van der Waals surface area contributed by atoms with Crippen LogP contribution in [0.1, 0.15) is 30.0 Å². The Hall–Kier alpha value is -2.79. The fourth-order valence-corrected chi connectivity index (χ4v) is 2.66. The minimum absolute atomic E-state index is 0.265. The predicted octanol–water partition coefficient (Wildman–Crippen LogP) is 4.62. The number of rotatable bonds is 7. The van der Waals surface area contributed by atoms with Gasteiger partial charge in [-0.1, -0.05) is 30.3 Å². The molecule has 0 fully saturated rings. The van der Waals surface area contributed by atoms with Crippen LogP contribution in [0.5, 0.6) is 5.75 Å². The lowest BCUT2D eigenvalue weighted by atomic mass is 10.1. The molecule has 1 N–H and O–H groups in total. The monoisotopic (exact) mass is 339 g/mol. The summed E-state index contributed by atoms with van der Waals surface area (Å²) in [5, 5.41) is 3.76. The molecule has 5 heteroatoms. The first-order chi connectivity index (χ1) is 12.2. The van der Waals surface area contributed by atoms with Crippen molar-refractivity contribution in [2.45, 2.75) is 20.5 Å². The summed E-state index contributed by atoms with van der Waals surface area (Å²) in [6.07, 6.45) is 0. The fraction of sp³-hybridized carbons (Fsp3) is 0.250. The zero-order chi connectivity index (χ0) is 17.6. The molecule has 2 aromatic carbocycles. The second-order valence-electron chi connectivity index (χ2n) is 5.43. The van der Waals surface area contributed by atoms with Crippen molar-refractivity contribution in [2.24, 2.45) is 0 Å². The molecule has 0 bridgehead atoms. The van der Waals surface area contributed by atoms with E-state index in [9.17, 15) is 4.79 Å². The quantitative estimate of drug-likeness (QED) is 0.682. The molecule has 1 amide bonds. The molecule has 0 unspecified atom stereocenters. The van der Waals surface area contributed by atoms with Gasteiger partial charge in [-0.05, 0) is 32.0 Å². The molecular formula is C20H21NO4. The van der Waals surface area contributed by atoms with Crippen LogP contribution in [0.3, 0.4) is 0 Å².